The van der Waals surface area contributed by atoms with Crippen LogP contribution in [0.2, 0.25) is 0 Å². The summed E-state index contributed by atoms with van der Waals surface area (Å²) in [6, 6.07) is -5.71. The first-order valence-electron chi connectivity index (χ1n) is 38.4. The number of aromatic nitrogens is 9. The maximum Gasteiger partial charge on any atom is 0.364 e. The van der Waals surface area contributed by atoms with E-state index in [1.54, 1.807) is 0 Å². The molecule has 3 amide bonds. The van der Waals surface area contributed by atoms with Crippen LogP contribution in [-0.2, 0) is 118 Å². The van der Waals surface area contributed by atoms with E-state index in [1.165, 1.54) is 0 Å². The number of ether oxygens (including phenoxy) is 12. The van der Waals surface area contributed by atoms with Gasteiger partial charge in [0.15, 0.2) is 30.7 Å². The quantitative estimate of drug-likeness (QED) is 0.0236. The van der Waals surface area contributed by atoms with Crippen molar-refractivity contribution in [2.24, 2.45) is 0 Å². The van der Waals surface area contributed by atoms with Crippen LogP contribution in [0.1, 0.15) is 41.1 Å². The molecule has 10 rings (SSSR count). The smallest absolute Gasteiger partial charge is 0.364 e. The molecular formula is C66H100N12O48. The summed E-state index contributed by atoms with van der Waals surface area (Å²) >= 11 is 0. The molecular weight excluding hydrogens is 1730 g/mol. The van der Waals surface area contributed by atoms with Gasteiger partial charge in [-0.1, -0.05) is 15.6 Å². The summed E-state index contributed by atoms with van der Waals surface area (Å²) in [6.07, 6.45) is -67.1. The molecule has 0 saturated carbocycles. The number of nitrogens with one attached hydrogen (secondary N) is 3. The summed E-state index contributed by atoms with van der Waals surface area (Å²) in [4.78, 5) is 93.8. The fraction of sp³-hybridized carbons (Fsp3) is 0.803. The standard InChI is InChI=1S/C66H100N12O48/c79-10-25(86)39(93)54-35(22(83)1-64(124-54,61(109)110)117-16-29-43(97)46(100)50(104)57(120-29)38(92)21-6-78(75-72-21)9-34(91)69-37-23(84)2-65(62(111)112,125-56(37)41(95)27(88)12-81)118-17-30-44(98)47(101)51(105)58(108)121-30)67-33(90)8-77-5-20(71-74-77)15-116-60-53(107)49(103)45(99)31(123-60)18-119-66(63(113)114)3-24(85)36(55(126-66)40(94)26(87)11-80)68-32(89)7-76-4-19(70-73-76)14-115-59-52(106)48(102)42(96)28(13-82)122-59/h4-6,22-31,35-37,39-60,79-88,93-108H,1-3,7-18H2,(H,67,90)(H,68,89)(H,69,91)(H,109,110)(H,111,112)(H,113,114)/t22-,23-,24-,25+,26+,27+,28+,29+,30+,31+,35+,36+,37+,39+,40+,41+,42-,43-,44-,45-,46-,47-,48-,49-,50+,51+,52+,53+,54+,55+,56+,57-,58+,59+,60+,64+,65+,66+/m0/s1. The minimum Gasteiger partial charge on any atom is -0.477 e. The molecule has 32 N–H and O–H groups in total. The van der Waals surface area contributed by atoms with Crippen LogP contribution in [0, 0.1) is 0 Å². The fourth-order valence-electron chi connectivity index (χ4n) is 14.6. The van der Waals surface area contributed by atoms with Crippen molar-refractivity contribution in [3.05, 3.63) is 35.7 Å². The van der Waals surface area contributed by atoms with E-state index < -0.39 is 377 Å². The molecule has 0 spiro atoms. The second kappa shape index (κ2) is 42.5. The Hall–Kier alpha value is -7.61. The van der Waals surface area contributed by atoms with Crippen LogP contribution in [0.3, 0.4) is 0 Å². The number of hydrogen-bond donors (Lipinski definition) is 32. The normalized spacial score (nSPS) is 38.9. The highest BCUT2D eigenvalue weighted by Gasteiger charge is 2.62. The van der Waals surface area contributed by atoms with E-state index in [2.05, 4.69) is 46.9 Å². The maximum absolute atomic E-state index is 14.0. The van der Waals surface area contributed by atoms with Crippen LogP contribution in [0.4, 0.5) is 0 Å². The summed E-state index contributed by atoms with van der Waals surface area (Å²) in [5.41, 5.74) is -0.981. The van der Waals surface area contributed by atoms with Crippen molar-refractivity contribution in [2.75, 3.05) is 46.2 Å². The highest BCUT2D eigenvalue weighted by molar-refractivity contribution is 5.98. The Labute approximate surface area is 704 Å². The summed E-state index contributed by atoms with van der Waals surface area (Å²) in [5, 5.41) is 336. The number of carboxylic acid groups (broad SMARTS) is 3. The third-order valence-electron chi connectivity index (χ3n) is 21.7. The third-order valence-corrected chi connectivity index (χ3v) is 21.7. The molecule has 0 aliphatic carbocycles. The van der Waals surface area contributed by atoms with Gasteiger partial charge >= 0.3 is 17.9 Å². The van der Waals surface area contributed by atoms with Crippen molar-refractivity contribution in [1.82, 2.24) is 60.9 Å². The third kappa shape index (κ3) is 22.3. The van der Waals surface area contributed by atoms with Gasteiger partial charge in [-0.3, -0.25) is 19.2 Å². The number of hydrogen-bond acceptors (Lipinski definition) is 51. The van der Waals surface area contributed by atoms with E-state index in [1.807, 2.05) is 0 Å². The van der Waals surface area contributed by atoms with Gasteiger partial charge in [0.1, 0.15) is 184 Å². The van der Waals surface area contributed by atoms with Gasteiger partial charge in [0.25, 0.3) is 17.4 Å². The molecule has 38 atom stereocenters. The number of aliphatic hydroxyl groups is 26. The average Bonchev–Trinajstić information content (AvgIpc) is 1.20. The fourth-order valence-corrected chi connectivity index (χ4v) is 14.6. The molecule has 0 radical (unpaired) electrons. The number of carbonyl (C=O) groups excluding carboxylic acids is 4. The molecule has 7 saturated heterocycles. The zero-order valence-corrected chi connectivity index (χ0v) is 65.3. The number of aliphatic hydroxyl groups excluding tert-OH is 26. The molecule has 3 aromatic heterocycles. The molecule has 60 heteroatoms. The number of rotatable bonds is 39. The summed E-state index contributed by atoms with van der Waals surface area (Å²) in [5.74, 6) is -20.3. The Kier molecular flexibility index (Phi) is 33.9. The lowest BCUT2D eigenvalue weighted by Gasteiger charge is -2.47. The van der Waals surface area contributed by atoms with Crippen LogP contribution >= 0.6 is 0 Å². The second-order valence-electron chi connectivity index (χ2n) is 30.6. The van der Waals surface area contributed by atoms with Gasteiger partial charge in [0, 0.05) is 19.3 Å². The molecule has 712 valence electrons. The van der Waals surface area contributed by atoms with Crippen molar-refractivity contribution in [3.8, 4) is 0 Å². The average molecular weight is 1830 g/mol. The van der Waals surface area contributed by atoms with Crippen LogP contribution < -0.4 is 16.0 Å². The van der Waals surface area contributed by atoms with Gasteiger partial charge in [-0.15, -0.1) is 15.3 Å². The predicted octanol–water partition coefficient (Wildman–Crippen LogP) is -22.2. The Morgan fingerprint density at radius 1 is 0.405 bits per heavy atom. The maximum atomic E-state index is 14.0. The Morgan fingerprint density at radius 3 is 1.08 bits per heavy atom. The van der Waals surface area contributed by atoms with Gasteiger partial charge in [-0.2, -0.15) is 0 Å². The number of carboxylic acids is 3. The molecule has 7 aliphatic heterocycles. The van der Waals surface area contributed by atoms with Crippen LogP contribution in [-0.4, -0.2) is 512 Å². The van der Waals surface area contributed by atoms with E-state index >= 15 is 0 Å². The Morgan fingerprint density at radius 2 is 0.722 bits per heavy atom. The molecule has 0 bridgehead atoms. The second-order valence-corrected chi connectivity index (χ2v) is 30.6. The Balaban J connectivity index is 0.726. The van der Waals surface area contributed by atoms with E-state index in [4.69, 9.17) is 56.8 Å². The summed E-state index contributed by atoms with van der Waals surface area (Å²) in [6.45, 7) is -11.7. The van der Waals surface area contributed by atoms with Crippen molar-refractivity contribution in [2.45, 2.75) is 283 Å². The van der Waals surface area contributed by atoms with Gasteiger partial charge in [0.05, 0.1) is 114 Å². The van der Waals surface area contributed by atoms with Crippen LogP contribution in [0.5, 0.6) is 0 Å². The minimum absolute atomic E-state index is 0.00717. The SMILES string of the molecule is O=C(Cn1cc(CO[C@@H]2O[C@H](CO)[C@H](O)[C@H](O)[C@H]2O)nn1)N[C@H]1[C@H]([C@H](O)[C@H](O)CO)O[C@@](OC[C@H]2O[C@@H](OCc3cn(CC(=O)N[C@H]4[C@H]([C@H](O)[C@H](O)CO)O[C@@](OC[C@H]5O[C@@H](C(=O)c6cn(CC(=O)N[C@H]7[C@H]([C@H](O)[C@H](O)CO)O[C@@](OC[C@H]8O[C@@H](O)[C@H](O)[C@@H](O)[C@H]8O)(C(=O)O)C[C@@H]7O)nn6)[C@H](O)[C@@H](O)[C@H]5O)(C(=O)O)C[C@@H]4O)nn3)[C@H](O)[C@@H](O)[C@H]2O)(C(=O)O)C[C@@H]1O. The molecule has 10 heterocycles. The van der Waals surface area contributed by atoms with Gasteiger partial charge in [-0.05, 0) is 0 Å². The molecule has 7 aliphatic rings. The van der Waals surface area contributed by atoms with Crippen LogP contribution in [0.15, 0.2) is 18.6 Å². The number of Topliss-reactive ketones (excluding diaryl/α,β-unsaturated/α-hetero) is 1. The van der Waals surface area contributed by atoms with E-state index in [-0.39, 0.29) is 11.4 Å². The number of ketones is 1. The Bertz CT molecular complexity index is 4120. The molecule has 0 unspecified atom stereocenters. The van der Waals surface area contributed by atoms with Crippen molar-refractivity contribution >= 4 is 41.4 Å². The number of carbonyl (C=O) groups is 7. The van der Waals surface area contributed by atoms with E-state index in [0.29, 0.717) is 4.68 Å². The highest BCUT2D eigenvalue weighted by atomic mass is 16.8. The zero-order chi connectivity index (χ0) is 92.8. The predicted molar refractivity (Wildman–Crippen MR) is 379 cm³/mol. The monoisotopic (exact) mass is 1830 g/mol. The molecule has 7 fully saturated rings. The number of aliphatic carboxylic acids is 3. The van der Waals surface area contributed by atoms with Gasteiger partial charge < -0.3 is 221 Å². The summed E-state index contributed by atoms with van der Waals surface area (Å²) in [7, 11) is 0. The first kappa shape index (κ1) is 101. The lowest BCUT2D eigenvalue weighted by Crippen LogP contribution is -2.68. The topological polar surface area (TPSA) is 945 Å². The van der Waals surface area contributed by atoms with Crippen molar-refractivity contribution in [3.63, 3.8) is 0 Å². The van der Waals surface area contributed by atoms with Gasteiger partial charge in [0.2, 0.25) is 23.5 Å². The van der Waals surface area contributed by atoms with Crippen LogP contribution in [0.25, 0.3) is 0 Å². The minimum atomic E-state index is -3.22. The number of nitrogens with zero attached hydrogens (tertiary/aromatic N) is 9. The van der Waals surface area contributed by atoms with Crippen molar-refractivity contribution in [1.29, 1.82) is 0 Å². The lowest BCUT2D eigenvalue weighted by atomic mass is 9.88. The molecule has 60 nitrogen and oxygen atoms in total. The molecule has 0 aromatic carbocycles. The van der Waals surface area contributed by atoms with Gasteiger partial charge in [-0.25, -0.2) is 28.4 Å². The van der Waals surface area contributed by atoms with E-state index in [9.17, 15) is 182 Å². The highest BCUT2D eigenvalue weighted by Crippen LogP contribution is 2.40. The molecule has 3 aromatic rings. The number of amides is 3. The largest absolute Gasteiger partial charge is 0.477 e. The zero-order valence-electron chi connectivity index (χ0n) is 65.3. The summed E-state index contributed by atoms with van der Waals surface area (Å²) < 4.78 is 68.4. The lowest BCUT2D eigenvalue weighted by molar-refractivity contribution is -0.339. The van der Waals surface area contributed by atoms with Crippen molar-refractivity contribution < 1.29 is 238 Å². The first-order chi connectivity index (χ1) is 59.4. The molecule has 126 heavy (non-hydrogen) atoms. The van der Waals surface area contributed by atoms with E-state index in [0.717, 1.165) is 28.0 Å². The first-order valence-corrected chi connectivity index (χ1v) is 38.4.